The quantitative estimate of drug-likeness (QED) is 0.761. The van der Waals surface area contributed by atoms with Crippen LogP contribution in [0.5, 0.6) is 5.75 Å². The van der Waals surface area contributed by atoms with Gasteiger partial charge in [0, 0.05) is 57.6 Å². The molecule has 2 saturated heterocycles. The van der Waals surface area contributed by atoms with Crippen LogP contribution in [0.3, 0.4) is 0 Å². The maximum atomic E-state index is 12.5. The third-order valence-corrected chi connectivity index (χ3v) is 6.22. The van der Waals surface area contributed by atoms with Crippen LogP contribution in [-0.4, -0.2) is 73.4 Å². The lowest BCUT2D eigenvalue weighted by Crippen LogP contribution is -2.48. The number of hydrogen-bond donors (Lipinski definition) is 1. The van der Waals surface area contributed by atoms with Crippen molar-refractivity contribution in [3.63, 3.8) is 0 Å². The highest BCUT2D eigenvalue weighted by atomic mass is 16.6. The van der Waals surface area contributed by atoms with Crippen molar-refractivity contribution in [2.45, 2.75) is 25.6 Å². The Bertz CT molecular complexity index is 993. The summed E-state index contributed by atoms with van der Waals surface area (Å²) in [5, 5.41) is 2.72. The minimum Gasteiger partial charge on any atom is -0.489 e. The molecule has 0 aliphatic carbocycles. The Balaban J connectivity index is 1.24. The van der Waals surface area contributed by atoms with Gasteiger partial charge in [0.05, 0.1) is 17.9 Å². The van der Waals surface area contributed by atoms with E-state index in [0.717, 1.165) is 44.1 Å². The highest BCUT2D eigenvalue weighted by molar-refractivity contribution is 5.93. The molecule has 1 aromatic heterocycles. The fourth-order valence-electron chi connectivity index (χ4n) is 4.52. The van der Waals surface area contributed by atoms with E-state index in [-0.39, 0.29) is 18.5 Å². The molecule has 9 heteroatoms. The van der Waals surface area contributed by atoms with Gasteiger partial charge in [-0.1, -0.05) is 6.07 Å². The predicted octanol–water partition coefficient (Wildman–Crippen LogP) is 1.63. The molecule has 1 N–H and O–H groups in total. The molecule has 3 aliphatic heterocycles. The fraction of sp³-hybridized carbons (Fsp3) is 0.435. The molecule has 3 aliphatic rings. The van der Waals surface area contributed by atoms with Crippen molar-refractivity contribution in [1.29, 1.82) is 0 Å². The summed E-state index contributed by atoms with van der Waals surface area (Å²) in [6.07, 6.45) is 1.01. The third kappa shape index (κ3) is 4.08. The summed E-state index contributed by atoms with van der Waals surface area (Å²) in [4.78, 5) is 34.6. The van der Waals surface area contributed by atoms with E-state index in [9.17, 15) is 9.59 Å². The Morgan fingerprint density at radius 3 is 2.78 bits per heavy atom. The second-order valence-electron chi connectivity index (χ2n) is 8.34. The van der Waals surface area contributed by atoms with Gasteiger partial charge in [-0.2, -0.15) is 0 Å². The zero-order valence-corrected chi connectivity index (χ0v) is 18.1. The molecule has 2 fully saturated rings. The summed E-state index contributed by atoms with van der Waals surface area (Å²) in [5.74, 6) is 0.535. The number of carbonyl (C=O) groups excluding carboxylic acids is 2. The van der Waals surface area contributed by atoms with Crippen molar-refractivity contribution >= 4 is 23.4 Å². The third-order valence-electron chi connectivity index (χ3n) is 6.22. The molecule has 32 heavy (non-hydrogen) atoms. The Morgan fingerprint density at radius 2 is 2.03 bits per heavy atom. The standard InChI is InChI=1S/C23H27N5O4/c1-16(29)25-13-22-20-15-31-21-12-18(5-6-19(21)28(20)23(30)32-22)27-10-8-26(9-11-27)14-17-4-2-3-7-24-17/h2-7,12,20,22H,8-11,13-15H2,1H3,(H,25,29)/t20-,22-/m0/s1. The van der Waals surface area contributed by atoms with E-state index in [1.54, 1.807) is 4.90 Å². The lowest BCUT2D eigenvalue weighted by Gasteiger charge is -2.37. The molecule has 0 radical (unpaired) electrons. The van der Waals surface area contributed by atoms with Gasteiger partial charge in [0.2, 0.25) is 5.91 Å². The van der Waals surface area contributed by atoms with Crippen LogP contribution in [0.1, 0.15) is 12.6 Å². The number of carbonyl (C=O) groups is 2. The van der Waals surface area contributed by atoms with E-state index in [1.165, 1.54) is 6.92 Å². The predicted molar refractivity (Wildman–Crippen MR) is 119 cm³/mol. The Hall–Kier alpha value is -3.33. The highest BCUT2D eigenvalue weighted by Crippen LogP contribution is 2.41. The van der Waals surface area contributed by atoms with Gasteiger partial charge in [-0.3, -0.25) is 19.6 Å². The zero-order valence-electron chi connectivity index (χ0n) is 18.1. The second kappa shape index (κ2) is 8.66. The van der Waals surface area contributed by atoms with Crippen molar-refractivity contribution in [1.82, 2.24) is 15.2 Å². The number of piperazine rings is 1. The van der Waals surface area contributed by atoms with Gasteiger partial charge < -0.3 is 19.7 Å². The van der Waals surface area contributed by atoms with Crippen molar-refractivity contribution in [3.8, 4) is 5.75 Å². The summed E-state index contributed by atoms with van der Waals surface area (Å²) in [7, 11) is 0. The van der Waals surface area contributed by atoms with Crippen LogP contribution < -0.4 is 19.9 Å². The van der Waals surface area contributed by atoms with Crippen LogP contribution >= 0.6 is 0 Å². The van der Waals surface area contributed by atoms with E-state index in [4.69, 9.17) is 9.47 Å². The Morgan fingerprint density at radius 1 is 1.19 bits per heavy atom. The van der Waals surface area contributed by atoms with Crippen molar-refractivity contribution in [3.05, 3.63) is 48.3 Å². The second-order valence-corrected chi connectivity index (χ2v) is 8.34. The van der Waals surface area contributed by atoms with Gasteiger partial charge in [-0.05, 0) is 24.3 Å². The molecular weight excluding hydrogens is 410 g/mol. The number of hydrogen-bond acceptors (Lipinski definition) is 7. The van der Waals surface area contributed by atoms with Gasteiger partial charge in [0.25, 0.3) is 0 Å². The van der Waals surface area contributed by atoms with Crippen LogP contribution in [0.25, 0.3) is 0 Å². The summed E-state index contributed by atoms with van der Waals surface area (Å²) in [5.41, 5.74) is 2.89. The smallest absolute Gasteiger partial charge is 0.415 e. The van der Waals surface area contributed by atoms with Gasteiger partial charge in [0.1, 0.15) is 24.5 Å². The number of ether oxygens (including phenoxy) is 2. The average Bonchev–Trinajstić information content (AvgIpc) is 3.14. The van der Waals surface area contributed by atoms with Crippen molar-refractivity contribution < 1.29 is 19.1 Å². The monoisotopic (exact) mass is 437 g/mol. The van der Waals surface area contributed by atoms with Gasteiger partial charge >= 0.3 is 6.09 Å². The van der Waals surface area contributed by atoms with Gasteiger partial charge in [0.15, 0.2) is 0 Å². The summed E-state index contributed by atoms with van der Waals surface area (Å²) >= 11 is 0. The van der Waals surface area contributed by atoms with Crippen LogP contribution in [0.15, 0.2) is 42.6 Å². The topological polar surface area (TPSA) is 87.2 Å². The van der Waals surface area contributed by atoms with Crippen LogP contribution in [0, 0.1) is 0 Å². The molecule has 0 bridgehead atoms. The Labute approximate surface area is 186 Å². The number of amides is 2. The highest BCUT2D eigenvalue weighted by Gasteiger charge is 2.46. The molecule has 2 aromatic rings. The molecule has 5 rings (SSSR count). The normalized spacial score (nSPS) is 22.6. The van der Waals surface area contributed by atoms with E-state index in [0.29, 0.717) is 18.0 Å². The lowest BCUT2D eigenvalue weighted by atomic mass is 10.1. The molecule has 0 saturated carbocycles. The molecular formula is C23H27N5O4. The molecule has 1 aromatic carbocycles. The van der Waals surface area contributed by atoms with Gasteiger partial charge in [-0.15, -0.1) is 0 Å². The summed E-state index contributed by atoms with van der Waals surface area (Å²) < 4.78 is 11.5. The number of aromatic nitrogens is 1. The maximum absolute atomic E-state index is 12.5. The largest absolute Gasteiger partial charge is 0.489 e. The first-order valence-corrected chi connectivity index (χ1v) is 11.0. The number of fused-ring (bicyclic) bond motifs is 3. The van der Waals surface area contributed by atoms with E-state index in [2.05, 4.69) is 26.2 Å². The van der Waals surface area contributed by atoms with Gasteiger partial charge in [-0.25, -0.2) is 4.79 Å². The number of benzene rings is 1. The molecule has 9 nitrogen and oxygen atoms in total. The number of nitrogens with one attached hydrogen (secondary N) is 1. The fourth-order valence-corrected chi connectivity index (χ4v) is 4.52. The number of pyridine rings is 1. The molecule has 168 valence electrons. The number of cyclic esters (lactones) is 1. The van der Waals surface area contributed by atoms with E-state index in [1.807, 2.05) is 36.5 Å². The molecule has 0 unspecified atom stereocenters. The molecule has 4 heterocycles. The number of rotatable bonds is 5. The number of anilines is 2. The van der Waals surface area contributed by atoms with Crippen LogP contribution in [0.4, 0.5) is 16.2 Å². The summed E-state index contributed by atoms with van der Waals surface area (Å²) in [6.45, 7) is 6.67. The SMILES string of the molecule is CC(=O)NC[C@@H]1OC(=O)N2c3ccc(N4CCN(Cc5ccccn5)CC4)cc3OC[C@@H]12. The molecule has 2 atom stereocenters. The first-order valence-electron chi connectivity index (χ1n) is 11.0. The van der Waals surface area contributed by atoms with Crippen LogP contribution in [-0.2, 0) is 16.1 Å². The first kappa shape index (κ1) is 20.6. The molecule has 2 amide bonds. The average molecular weight is 438 g/mol. The minimum absolute atomic E-state index is 0.151. The minimum atomic E-state index is -0.425. The van der Waals surface area contributed by atoms with E-state index >= 15 is 0 Å². The zero-order chi connectivity index (χ0) is 22.1. The maximum Gasteiger partial charge on any atom is 0.415 e. The van der Waals surface area contributed by atoms with Crippen molar-refractivity contribution in [2.24, 2.45) is 0 Å². The lowest BCUT2D eigenvalue weighted by molar-refractivity contribution is -0.119. The molecule has 0 spiro atoms. The van der Waals surface area contributed by atoms with Crippen molar-refractivity contribution in [2.75, 3.05) is 49.1 Å². The van der Waals surface area contributed by atoms with E-state index < -0.39 is 12.2 Å². The number of nitrogens with zero attached hydrogens (tertiary/aromatic N) is 4. The Kier molecular flexibility index (Phi) is 5.57. The van der Waals surface area contributed by atoms with Crippen LogP contribution in [0.2, 0.25) is 0 Å². The summed E-state index contributed by atoms with van der Waals surface area (Å²) in [6, 6.07) is 11.7. The first-order chi connectivity index (χ1) is 15.6.